The molecule has 0 aliphatic carbocycles. The van der Waals surface area contributed by atoms with E-state index in [4.69, 9.17) is 9.47 Å². The number of aliphatic hydroxyl groups is 1. The monoisotopic (exact) mass is 335 g/mol. The van der Waals surface area contributed by atoms with Crippen LogP contribution in [0, 0.1) is 0 Å². The molecule has 0 radical (unpaired) electrons. The maximum absolute atomic E-state index is 12.4. The first kappa shape index (κ1) is 16.2. The average molecular weight is 335 g/mol. The molecule has 6 heteroatoms. The van der Waals surface area contributed by atoms with Crippen molar-refractivity contribution in [3.05, 3.63) is 35.9 Å². The second kappa shape index (κ2) is 5.46. The lowest BCUT2D eigenvalue weighted by atomic mass is 9.80. The van der Waals surface area contributed by atoms with E-state index < -0.39 is 10.5 Å². The van der Waals surface area contributed by atoms with E-state index in [0.29, 0.717) is 36.4 Å². The van der Waals surface area contributed by atoms with Crippen LogP contribution in [0.2, 0.25) is 0 Å². The van der Waals surface area contributed by atoms with Crippen LogP contribution in [0.4, 0.5) is 4.79 Å². The number of ether oxygens (including phenoxy) is 2. The van der Waals surface area contributed by atoms with Gasteiger partial charge >= 0.3 is 0 Å². The summed E-state index contributed by atoms with van der Waals surface area (Å²) >= 11 is 1.18. The highest BCUT2D eigenvalue weighted by atomic mass is 32.2. The lowest BCUT2D eigenvalue weighted by molar-refractivity contribution is -0.108. The number of carbonyl (C=O) groups is 1. The molecule has 0 spiro atoms. The summed E-state index contributed by atoms with van der Waals surface area (Å²) in [7, 11) is 3.15. The molecule has 3 rings (SSSR count). The number of nitrogens with zero attached hydrogens (tertiary/aromatic N) is 1. The molecule has 23 heavy (non-hydrogen) atoms. The molecule has 2 aliphatic rings. The highest BCUT2D eigenvalue weighted by molar-refractivity contribution is 8.15. The van der Waals surface area contributed by atoms with E-state index in [1.165, 1.54) is 11.8 Å². The van der Waals surface area contributed by atoms with Crippen LogP contribution in [0.25, 0.3) is 0 Å². The number of benzene rings is 1. The number of fused-ring (bicyclic) bond motifs is 3. The zero-order valence-electron chi connectivity index (χ0n) is 13.6. The van der Waals surface area contributed by atoms with Gasteiger partial charge in [0.15, 0.2) is 17.2 Å². The van der Waals surface area contributed by atoms with Gasteiger partial charge in [0.05, 0.1) is 19.0 Å². The lowest BCUT2D eigenvalue weighted by Gasteiger charge is -2.46. The van der Waals surface area contributed by atoms with Crippen molar-refractivity contribution in [2.24, 2.45) is 0 Å². The first-order chi connectivity index (χ1) is 10.9. The molecular formula is C17H21NO4S. The minimum Gasteiger partial charge on any atom is -0.493 e. The number of rotatable bonds is 4. The molecule has 0 aromatic heterocycles. The highest BCUT2D eigenvalue weighted by Gasteiger charge is 2.62. The Morgan fingerprint density at radius 3 is 2.65 bits per heavy atom. The molecule has 0 bridgehead atoms. The number of amides is 1. The van der Waals surface area contributed by atoms with E-state index in [0.717, 1.165) is 5.56 Å². The predicted molar refractivity (Wildman–Crippen MR) is 90.1 cm³/mol. The minimum absolute atomic E-state index is 0.0997. The number of hydrogen-bond donors (Lipinski definition) is 1. The predicted octanol–water partition coefficient (Wildman–Crippen LogP) is 2.91. The molecule has 2 atom stereocenters. The van der Waals surface area contributed by atoms with Crippen molar-refractivity contribution < 1.29 is 19.4 Å². The largest absolute Gasteiger partial charge is 0.493 e. The van der Waals surface area contributed by atoms with Crippen molar-refractivity contribution in [1.82, 2.24) is 4.90 Å². The molecule has 1 N–H and O–H groups in total. The molecule has 1 aromatic rings. The Morgan fingerprint density at radius 1 is 1.39 bits per heavy atom. The molecule has 0 saturated carbocycles. The minimum atomic E-state index is -1.38. The van der Waals surface area contributed by atoms with Crippen LogP contribution in [-0.2, 0) is 12.1 Å². The van der Waals surface area contributed by atoms with Crippen LogP contribution in [0.5, 0.6) is 11.5 Å². The van der Waals surface area contributed by atoms with Gasteiger partial charge in [-0.15, -0.1) is 6.58 Å². The van der Waals surface area contributed by atoms with Gasteiger partial charge in [-0.2, -0.15) is 0 Å². The standard InChI is InChI=1S/C17H21NO4S/c1-5-7-16(2)17(20)12-10-14(22-4)13(21-3)9-11(12)6-8-18(17)15(19)23-16/h5,9-10,20H,1,6-8H2,2-4H3. The molecule has 1 amide bonds. The van der Waals surface area contributed by atoms with Gasteiger partial charge in [0.1, 0.15) is 0 Å². The Hall–Kier alpha value is -1.66. The maximum atomic E-state index is 12.4. The first-order valence-corrected chi connectivity index (χ1v) is 8.32. The molecule has 2 unspecified atom stereocenters. The van der Waals surface area contributed by atoms with Gasteiger partial charge in [0.2, 0.25) is 0 Å². The van der Waals surface area contributed by atoms with Crippen molar-refractivity contribution in [3.63, 3.8) is 0 Å². The summed E-state index contributed by atoms with van der Waals surface area (Å²) in [5, 5.41) is 11.5. The Morgan fingerprint density at radius 2 is 2.04 bits per heavy atom. The van der Waals surface area contributed by atoms with Crippen molar-refractivity contribution in [2.45, 2.75) is 30.2 Å². The van der Waals surface area contributed by atoms with Crippen molar-refractivity contribution >= 4 is 17.0 Å². The fraction of sp³-hybridized carbons (Fsp3) is 0.471. The molecule has 2 heterocycles. The summed E-state index contributed by atoms with van der Waals surface area (Å²) in [5.41, 5.74) is 0.312. The summed E-state index contributed by atoms with van der Waals surface area (Å²) in [6.07, 6.45) is 2.94. The van der Waals surface area contributed by atoms with Gasteiger partial charge in [0, 0.05) is 12.1 Å². The zero-order chi connectivity index (χ0) is 16.8. The summed E-state index contributed by atoms with van der Waals surface area (Å²) in [6, 6.07) is 3.69. The molecule has 1 saturated heterocycles. The quantitative estimate of drug-likeness (QED) is 0.858. The molecule has 5 nitrogen and oxygen atoms in total. The smallest absolute Gasteiger partial charge is 0.284 e. The van der Waals surface area contributed by atoms with E-state index in [1.54, 1.807) is 31.3 Å². The third-order valence-corrected chi connectivity index (χ3v) is 6.08. The Kier molecular flexibility index (Phi) is 3.84. The Bertz CT molecular complexity index is 677. The van der Waals surface area contributed by atoms with E-state index in [2.05, 4.69) is 6.58 Å². The number of hydrogen-bond acceptors (Lipinski definition) is 5. The molecule has 124 valence electrons. The van der Waals surface area contributed by atoms with Crippen molar-refractivity contribution in [1.29, 1.82) is 0 Å². The highest BCUT2D eigenvalue weighted by Crippen LogP contribution is 2.57. The van der Waals surface area contributed by atoms with Crippen LogP contribution in [0.3, 0.4) is 0 Å². The van der Waals surface area contributed by atoms with Crippen LogP contribution in [-0.4, -0.2) is 40.8 Å². The van der Waals surface area contributed by atoms with Crippen LogP contribution < -0.4 is 9.47 Å². The Labute approximate surface area is 140 Å². The summed E-state index contributed by atoms with van der Waals surface area (Å²) in [5.74, 6) is 1.18. The van der Waals surface area contributed by atoms with E-state index >= 15 is 0 Å². The Balaban J connectivity index is 2.23. The van der Waals surface area contributed by atoms with Crippen LogP contribution >= 0.6 is 11.8 Å². The number of carbonyl (C=O) groups excluding carboxylic acids is 1. The van der Waals surface area contributed by atoms with Gasteiger partial charge in [-0.05, 0) is 37.5 Å². The SMILES string of the molecule is C=CCC1(C)SC(=O)N2CCc3cc(OC)c(OC)cc3C21O. The van der Waals surface area contributed by atoms with Crippen LogP contribution in [0.1, 0.15) is 24.5 Å². The normalized spacial score (nSPS) is 29.0. The molecule has 2 aliphatic heterocycles. The summed E-state index contributed by atoms with van der Waals surface area (Å²) in [6.45, 7) is 6.17. The molecule has 1 fully saturated rings. The van der Waals surface area contributed by atoms with Crippen LogP contribution in [0.15, 0.2) is 24.8 Å². The number of methoxy groups -OCH3 is 2. The van der Waals surface area contributed by atoms with Gasteiger partial charge in [0.25, 0.3) is 5.24 Å². The first-order valence-electron chi connectivity index (χ1n) is 7.50. The summed E-state index contributed by atoms with van der Waals surface area (Å²) in [4.78, 5) is 14.0. The van der Waals surface area contributed by atoms with Gasteiger partial charge < -0.3 is 14.6 Å². The maximum Gasteiger partial charge on any atom is 0.284 e. The van der Waals surface area contributed by atoms with E-state index in [-0.39, 0.29) is 5.24 Å². The third kappa shape index (κ3) is 2.08. The fourth-order valence-corrected chi connectivity index (χ4v) is 4.85. The second-order valence-corrected chi connectivity index (χ2v) is 7.48. The van der Waals surface area contributed by atoms with Gasteiger partial charge in [-0.3, -0.25) is 9.69 Å². The average Bonchev–Trinajstić information content (AvgIpc) is 2.73. The van der Waals surface area contributed by atoms with E-state index in [9.17, 15) is 9.90 Å². The van der Waals surface area contributed by atoms with Crippen molar-refractivity contribution in [3.8, 4) is 11.5 Å². The van der Waals surface area contributed by atoms with Crippen molar-refractivity contribution in [2.75, 3.05) is 20.8 Å². The van der Waals surface area contributed by atoms with Gasteiger partial charge in [-0.25, -0.2) is 0 Å². The van der Waals surface area contributed by atoms with Gasteiger partial charge in [-0.1, -0.05) is 17.8 Å². The molecular weight excluding hydrogens is 314 g/mol. The lowest BCUT2D eigenvalue weighted by Crippen LogP contribution is -2.56. The van der Waals surface area contributed by atoms with E-state index in [1.807, 2.05) is 13.0 Å². The number of allylic oxidation sites excluding steroid dienone is 1. The third-order valence-electron chi connectivity index (χ3n) is 4.78. The topological polar surface area (TPSA) is 59.0 Å². The number of thioether (sulfide) groups is 1. The second-order valence-electron chi connectivity index (χ2n) is 6.03. The fourth-order valence-electron chi connectivity index (χ4n) is 3.56. The zero-order valence-corrected chi connectivity index (χ0v) is 14.4. The molecule has 1 aromatic carbocycles. The summed E-state index contributed by atoms with van der Waals surface area (Å²) < 4.78 is 10.0.